The van der Waals surface area contributed by atoms with Gasteiger partial charge in [-0.25, -0.2) is 0 Å². The fourth-order valence-electron chi connectivity index (χ4n) is 2.94. The Labute approximate surface area is 128 Å². The van der Waals surface area contributed by atoms with Crippen LogP contribution >= 0.6 is 15.9 Å². The zero-order valence-electron chi connectivity index (χ0n) is 12.0. The van der Waals surface area contributed by atoms with Crippen LogP contribution < -0.4 is 5.32 Å². The molecule has 1 aromatic rings. The number of nitro benzene ring substituents is 1. The average Bonchev–Trinajstić information content (AvgIpc) is 2.36. The van der Waals surface area contributed by atoms with E-state index in [4.69, 9.17) is 0 Å². The van der Waals surface area contributed by atoms with Crippen molar-refractivity contribution in [3.63, 3.8) is 0 Å². The maximum atomic E-state index is 10.9. The summed E-state index contributed by atoms with van der Waals surface area (Å²) in [4.78, 5) is 10.6. The molecule has 1 unspecified atom stereocenters. The topological polar surface area (TPSA) is 55.2 Å². The third kappa shape index (κ3) is 4.03. The molecule has 0 aliphatic heterocycles. The van der Waals surface area contributed by atoms with Crippen molar-refractivity contribution in [1.29, 1.82) is 0 Å². The monoisotopic (exact) mass is 340 g/mol. The van der Waals surface area contributed by atoms with Gasteiger partial charge < -0.3 is 5.32 Å². The second-order valence-electron chi connectivity index (χ2n) is 6.38. The van der Waals surface area contributed by atoms with Gasteiger partial charge in [-0.3, -0.25) is 10.1 Å². The Kier molecular flexibility index (Phi) is 4.81. The molecule has 0 radical (unpaired) electrons. The number of hydrogen-bond donors (Lipinski definition) is 1. The smallest absolute Gasteiger partial charge is 0.283 e. The molecule has 0 spiro atoms. The predicted molar refractivity (Wildman–Crippen MR) is 83.7 cm³/mol. The second-order valence-corrected chi connectivity index (χ2v) is 7.24. The molecule has 20 heavy (non-hydrogen) atoms. The maximum absolute atomic E-state index is 10.9. The summed E-state index contributed by atoms with van der Waals surface area (Å²) in [5.74, 6) is 0. The Morgan fingerprint density at radius 1 is 1.50 bits per heavy atom. The predicted octanol–water partition coefficient (Wildman–Crippen LogP) is 4.42. The molecule has 110 valence electrons. The Bertz CT molecular complexity index is 503. The molecular weight excluding hydrogens is 320 g/mol. The van der Waals surface area contributed by atoms with Crippen LogP contribution in [0.4, 0.5) is 5.69 Å². The van der Waals surface area contributed by atoms with Crippen molar-refractivity contribution in [2.45, 2.75) is 52.1 Å². The summed E-state index contributed by atoms with van der Waals surface area (Å²) in [6.07, 6.45) is 4.91. The van der Waals surface area contributed by atoms with Crippen molar-refractivity contribution in [2.24, 2.45) is 5.41 Å². The number of nitrogens with one attached hydrogen (secondary N) is 1. The first-order valence-corrected chi connectivity index (χ1v) is 7.83. The summed E-state index contributed by atoms with van der Waals surface area (Å²) in [6, 6.07) is 5.84. The standard InChI is InChI=1S/C15H21BrN2O2/c1-15(2)7-3-4-12(9-15)17-10-11-5-6-13(16)14(8-11)18(19)20/h5-6,8,12,17H,3-4,7,9-10H2,1-2H3. The van der Waals surface area contributed by atoms with Crippen molar-refractivity contribution >= 4 is 21.6 Å². The third-order valence-electron chi connectivity index (χ3n) is 4.01. The van der Waals surface area contributed by atoms with E-state index in [9.17, 15) is 10.1 Å². The molecule has 0 saturated heterocycles. The van der Waals surface area contributed by atoms with E-state index in [0.717, 1.165) is 5.56 Å². The molecule has 1 saturated carbocycles. The van der Waals surface area contributed by atoms with Gasteiger partial charge in [-0.2, -0.15) is 0 Å². The van der Waals surface area contributed by atoms with Gasteiger partial charge in [-0.1, -0.05) is 26.3 Å². The Balaban J connectivity index is 1.97. The van der Waals surface area contributed by atoms with E-state index in [1.54, 1.807) is 12.1 Å². The first kappa shape index (κ1) is 15.4. The van der Waals surface area contributed by atoms with Gasteiger partial charge in [0.25, 0.3) is 5.69 Å². The van der Waals surface area contributed by atoms with E-state index in [0.29, 0.717) is 22.5 Å². The molecule has 2 rings (SSSR count). The zero-order chi connectivity index (χ0) is 14.8. The third-order valence-corrected chi connectivity index (χ3v) is 4.68. The fraction of sp³-hybridized carbons (Fsp3) is 0.600. The summed E-state index contributed by atoms with van der Waals surface area (Å²) >= 11 is 3.21. The summed E-state index contributed by atoms with van der Waals surface area (Å²) in [7, 11) is 0. The molecule has 1 atom stereocenters. The number of hydrogen-bond acceptors (Lipinski definition) is 3. The van der Waals surface area contributed by atoms with Gasteiger partial charge in [-0.05, 0) is 52.2 Å². The van der Waals surface area contributed by atoms with E-state index in [1.165, 1.54) is 25.7 Å². The largest absolute Gasteiger partial charge is 0.310 e. The number of rotatable bonds is 4. The van der Waals surface area contributed by atoms with Crippen molar-refractivity contribution in [3.05, 3.63) is 38.3 Å². The van der Waals surface area contributed by atoms with Crippen LogP contribution in [-0.4, -0.2) is 11.0 Å². The molecule has 5 heteroatoms. The van der Waals surface area contributed by atoms with E-state index in [-0.39, 0.29) is 10.6 Å². The van der Waals surface area contributed by atoms with Crippen molar-refractivity contribution in [1.82, 2.24) is 5.32 Å². The molecule has 0 aromatic heterocycles. The first-order valence-electron chi connectivity index (χ1n) is 7.04. The molecule has 0 bridgehead atoms. The Morgan fingerprint density at radius 3 is 2.90 bits per heavy atom. The number of nitrogens with zero attached hydrogens (tertiary/aromatic N) is 1. The fourth-order valence-corrected chi connectivity index (χ4v) is 3.33. The molecule has 1 aliphatic rings. The van der Waals surface area contributed by atoms with Gasteiger partial charge in [0.2, 0.25) is 0 Å². The van der Waals surface area contributed by atoms with Crippen LogP contribution in [-0.2, 0) is 6.54 Å². The number of halogens is 1. The average molecular weight is 341 g/mol. The molecule has 1 aliphatic carbocycles. The molecule has 1 N–H and O–H groups in total. The van der Waals surface area contributed by atoms with Gasteiger partial charge >= 0.3 is 0 Å². The minimum Gasteiger partial charge on any atom is -0.310 e. The van der Waals surface area contributed by atoms with Crippen LogP contribution in [0, 0.1) is 15.5 Å². The normalized spacial score (nSPS) is 21.6. The van der Waals surface area contributed by atoms with Gasteiger partial charge in [-0.15, -0.1) is 0 Å². The molecule has 0 heterocycles. The molecule has 1 fully saturated rings. The summed E-state index contributed by atoms with van der Waals surface area (Å²) in [6.45, 7) is 5.31. The van der Waals surface area contributed by atoms with Crippen LogP contribution in [0.2, 0.25) is 0 Å². The van der Waals surface area contributed by atoms with Crippen LogP contribution in [0.15, 0.2) is 22.7 Å². The minimum absolute atomic E-state index is 0.133. The van der Waals surface area contributed by atoms with Gasteiger partial charge in [0.15, 0.2) is 0 Å². The number of nitro groups is 1. The molecule has 1 aromatic carbocycles. The van der Waals surface area contributed by atoms with Crippen molar-refractivity contribution in [3.8, 4) is 0 Å². The summed E-state index contributed by atoms with van der Waals surface area (Å²) < 4.78 is 0.532. The van der Waals surface area contributed by atoms with E-state index in [1.807, 2.05) is 6.07 Å². The lowest BCUT2D eigenvalue weighted by atomic mass is 9.75. The lowest BCUT2D eigenvalue weighted by Gasteiger charge is -2.35. The van der Waals surface area contributed by atoms with E-state index in [2.05, 4.69) is 35.1 Å². The number of benzene rings is 1. The van der Waals surface area contributed by atoms with Gasteiger partial charge in [0.1, 0.15) is 0 Å². The van der Waals surface area contributed by atoms with Crippen LogP contribution in [0.1, 0.15) is 45.1 Å². The maximum Gasteiger partial charge on any atom is 0.283 e. The highest BCUT2D eigenvalue weighted by Gasteiger charge is 2.27. The van der Waals surface area contributed by atoms with Crippen molar-refractivity contribution in [2.75, 3.05) is 0 Å². The zero-order valence-corrected chi connectivity index (χ0v) is 13.6. The summed E-state index contributed by atoms with van der Waals surface area (Å²) in [5, 5.41) is 14.5. The lowest BCUT2D eigenvalue weighted by molar-refractivity contribution is -0.385. The Hall–Kier alpha value is -0.940. The van der Waals surface area contributed by atoms with Gasteiger partial charge in [0.05, 0.1) is 9.40 Å². The van der Waals surface area contributed by atoms with Crippen LogP contribution in [0.25, 0.3) is 0 Å². The first-order chi connectivity index (χ1) is 9.37. The van der Waals surface area contributed by atoms with Gasteiger partial charge in [0, 0.05) is 18.7 Å². The van der Waals surface area contributed by atoms with Crippen molar-refractivity contribution < 1.29 is 4.92 Å². The highest BCUT2D eigenvalue weighted by atomic mass is 79.9. The SMILES string of the molecule is CC1(C)CCCC(NCc2ccc(Br)c([N+](=O)[O-])c2)C1. The minimum atomic E-state index is -0.350. The van der Waals surface area contributed by atoms with E-state index < -0.39 is 0 Å². The van der Waals surface area contributed by atoms with Crippen LogP contribution in [0.5, 0.6) is 0 Å². The highest BCUT2D eigenvalue weighted by molar-refractivity contribution is 9.10. The quantitative estimate of drug-likeness (QED) is 0.652. The highest BCUT2D eigenvalue weighted by Crippen LogP contribution is 2.35. The van der Waals surface area contributed by atoms with Crippen LogP contribution in [0.3, 0.4) is 0 Å². The molecule has 0 amide bonds. The van der Waals surface area contributed by atoms with E-state index >= 15 is 0 Å². The summed E-state index contributed by atoms with van der Waals surface area (Å²) in [5.41, 5.74) is 1.50. The lowest BCUT2D eigenvalue weighted by Crippen LogP contribution is -2.36. The second kappa shape index (κ2) is 6.22. The molecule has 4 nitrogen and oxygen atoms in total. The Morgan fingerprint density at radius 2 is 2.25 bits per heavy atom. The molecular formula is C15H21BrN2O2.